The van der Waals surface area contributed by atoms with Crippen molar-refractivity contribution >= 4 is 6.03 Å². The standard InChI is InChI=1S/C22H25F4N3O2/c23-20-4-2-1-3-19(20)14-28-9-11-29(12-10-28)21(30)27-13-17-5-7-18(8-6-17)15-31-16-22(24,25)26/h1-8H,9-16H2,(H,27,30). The third-order valence-electron chi connectivity index (χ3n) is 5.01. The molecule has 0 radical (unpaired) electrons. The molecule has 1 aliphatic rings. The molecular formula is C22H25F4N3O2. The van der Waals surface area contributed by atoms with Crippen LogP contribution in [0.1, 0.15) is 16.7 Å². The minimum absolute atomic E-state index is 0.122. The van der Waals surface area contributed by atoms with Crippen molar-refractivity contribution in [3.05, 3.63) is 71.0 Å². The van der Waals surface area contributed by atoms with Gasteiger partial charge in [-0.1, -0.05) is 42.5 Å². The number of piperazine rings is 1. The molecule has 0 aliphatic carbocycles. The Morgan fingerprint density at radius 1 is 0.968 bits per heavy atom. The highest BCUT2D eigenvalue weighted by Gasteiger charge is 2.27. The molecule has 1 fully saturated rings. The number of urea groups is 1. The maximum absolute atomic E-state index is 13.8. The Bertz CT molecular complexity index is 851. The van der Waals surface area contributed by atoms with E-state index < -0.39 is 12.8 Å². The van der Waals surface area contributed by atoms with Gasteiger partial charge in [-0.15, -0.1) is 0 Å². The van der Waals surface area contributed by atoms with Crippen LogP contribution >= 0.6 is 0 Å². The molecule has 3 rings (SSSR count). The highest BCUT2D eigenvalue weighted by Crippen LogP contribution is 2.16. The summed E-state index contributed by atoms with van der Waals surface area (Å²) in [5.41, 5.74) is 2.11. The molecule has 1 N–H and O–H groups in total. The number of hydrogen-bond acceptors (Lipinski definition) is 3. The Hall–Kier alpha value is -2.65. The van der Waals surface area contributed by atoms with E-state index in [0.29, 0.717) is 50.4 Å². The van der Waals surface area contributed by atoms with E-state index in [0.717, 1.165) is 5.56 Å². The maximum atomic E-state index is 13.8. The van der Waals surface area contributed by atoms with E-state index in [4.69, 9.17) is 0 Å². The molecule has 0 aromatic heterocycles. The lowest BCUT2D eigenvalue weighted by Gasteiger charge is -2.34. The maximum Gasteiger partial charge on any atom is 0.411 e. The van der Waals surface area contributed by atoms with Gasteiger partial charge in [0.1, 0.15) is 12.4 Å². The Morgan fingerprint density at radius 2 is 1.61 bits per heavy atom. The van der Waals surface area contributed by atoms with Crippen molar-refractivity contribution in [3.63, 3.8) is 0 Å². The average molecular weight is 439 g/mol. The van der Waals surface area contributed by atoms with Crippen molar-refractivity contribution in [2.45, 2.75) is 25.9 Å². The molecule has 0 unspecified atom stereocenters. The van der Waals surface area contributed by atoms with Crippen molar-refractivity contribution in [2.75, 3.05) is 32.8 Å². The topological polar surface area (TPSA) is 44.8 Å². The molecule has 9 heteroatoms. The van der Waals surface area contributed by atoms with E-state index in [-0.39, 0.29) is 18.5 Å². The zero-order chi connectivity index (χ0) is 22.3. The first-order valence-electron chi connectivity index (χ1n) is 10.0. The van der Waals surface area contributed by atoms with Crippen LogP contribution in [0.25, 0.3) is 0 Å². The number of hydrogen-bond donors (Lipinski definition) is 1. The Morgan fingerprint density at radius 3 is 2.26 bits per heavy atom. The first-order chi connectivity index (χ1) is 14.8. The van der Waals surface area contributed by atoms with Crippen LogP contribution in [0.2, 0.25) is 0 Å². The molecule has 2 amide bonds. The van der Waals surface area contributed by atoms with Gasteiger partial charge in [-0.05, 0) is 17.2 Å². The smallest absolute Gasteiger partial charge is 0.367 e. The van der Waals surface area contributed by atoms with Gasteiger partial charge in [-0.2, -0.15) is 13.2 Å². The monoisotopic (exact) mass is 439 g/mol. The average Bonchev–Trinajstić information content (AvgIpc) is 2.74. The minimum atomic E-state index is -4.34. The lowest BCUT2D eigenvalue weighted by molar-refractivity contribution is -0.176. The predicted molar refractivity (Wildman–Crippen MR) is 108 cm³/mol. The van der Waals surface area contributed by atoms with Gasteiger partial charge in [0.15, 0.2) is 0 Å². The summed E-state index contributed by atoms with van der Waals surface area (Å²) in [4.78, 5) is 16.2. The van der Waals surface area contributed by atoms with Crippen LogP contribution in [0.4, 0.5) is 22.4 Å². The summed E-state index contributed by atoms with van der Waals surface area (Å²) < 4.78 is 54.7. The van der Waals surface area contributed by atoms with E-state index in [1.807, 2.05) is 6.07 Å². The molecule has 31 heavy (non-hydrogen) atoms. The van der Waals surface area contributed by atoms with E-state index in [1.54, 1.807) is 41.3 Å². The summed E-state index contributed by atoms with van der Waals surface area (Å²) in [6, 6.07) is 13.4. The Kier molecular flexibility index (Phi) is 7.86. The molecule has 2 aromatic carbocycles. The van der Waals surface area contributed by atoms with E-state index in [9.17, 15) is 22.4 Å². The van der Waals surface area contributed by atoms with Gasteiger partial charge in [-0.3, -0.25) is 4.90 Å². The number of rotatable bonds is 7. The molecule has 0 saturated carbocycles. The van der Waals surface area contributed by atoms with E-state index in [2.05, 4.69) is 15.0 Å². The van der Waals surface area contributed by atoms with Gasteiger partial charge in [0.25, 0.3) is 0 Å². The number of amides is 2. The van der Waals surface area contributed by atoms with Crippen LogP contribution in [-0.2, 0) is 24.4 Å². The molecule has 1 aliphatic heterocycles. The number of alkyl halides is 3. The van der Waals surface area contributed by atoms with Gasteiger partial charge in [0.2, 0.25) is 0 Å². The van der Waals surface area contributed by atoms with Gasteiger partial charge >= 0.3 is 12.2 Å². The fourth-order valence-electron chi connectivity index (χ4n) is 3.30. The van der Waals surface area contributed by atoms with Gasteiger partial charge in [0, 0.05) is 44.8 Å². The zero-order valence-corrected chi connectivity index (χ0v) is 17.0. The van der Waals surface area contributed by atoms with E-state index in [1.165, 1.54) is 6.07 Å². The molecule has 0 bridgehead atoms. The van der Waals surface area contributed by atoms with Crippen LogP contribution in [0, 0.1) is 5.82 Å². The third kappa shape index (κ3) is 7.52. The first kappa shape index (κ1) is 23.0. The number of halogens is 4. The summed E-state index contributed by atoms with van der Waals surface area (Å²) >= 11 is 0. The number of nitrogens with one attached hydrogen (secondary N) is 1. The van der Waals surface area contributed by atoms with Crippen LogP contribution in [-0.4, -0.2) is 54.8 Å². The molecule has 5 nitrogen and oxygen atoms in total. The number of carbonyl (C=O) groups excluding carboxylic acids is 1. The predicted octanol–water partition coefficient (Wildman–Crippen LogP) is 3.93. The van der Waals surface area contributed by atoms with Crippen molar-refractivity contribution in [3.8, 4) is 0 Å². The summed E-state index contributed by atoms with van der Waals surface area (Å²) in [7, 11) is 0. The quantitative estimate of drug-likeness (QED) is 0.665. The molecule has 0 atom stereocenters. The van der Waals surface area contributed by atoms with Gasteiger partial charge in [0.05, 0.1) is 6.61 Å². The number of benzene rings is 2. The second-order valence-electron chi connectivity index (χ2n) is 7.44. The second kappa shape index (κ2) is 10.6. The number of nitrogens with zero attached hydrogens (tertiary/aromatic N) is 2. The van der Waals surface area contributed by atoms with E-state index >= 15 is 0 Å². The van der Waals surface area contributed by atoms with Crippen LogP contribution < -0.4 is 5.32 Å². The highest BCUT2D eigenvalue weighted by atomic mass is 19.4. The van der Waals surface area contributed by atoms with Gasteiger partial charge < -0.3 is 15.0 Å². The molecule has 2 aromatic rings. The number of ether oxygens (including phenoxy) is 1. The van der Waals surface area contributed by atoms with Crippen molar-refractivity contribution < 1.29 is 27.1 Å². The van der Waals surface area contributed by atoms with Gasteiger partial charge in [-0.25, -0.2) is 9.18 Å². The normalized spacial score (nSPS) is 15.2. The number of carbonyl (C=O) groups is 1. The molecule has 0 spiro atoms. The fourth-order valence-corrected chi connectivity index (χ4v) is 3.30. The molecule has 168 valence electrons. The second-order valence-corrected chi connectivity index (χ2v) is 7.44. The van der Waals surface area contributed by atoms with Crippen LogP contribution in [0.3, 0.4) is 0 Å². The lowest BCUT2D eigenvalue weighted by Crippen LogP contribution is -2.51. The Balaban J connectivity index is 1.38. The molecule has 1 saturated heterocycles. The SMILES string of the molecule is O=C(NCc1ccc(COCC(F)(F)F)cc1)N1CCN(Cc2ccccc2F)CC1. The molecular weight excluding hydrogens is 414 g/mol. The minimum Gasteiger partial charge on any atom is -0.367 e. The lowest BCUT2D eigenvalue weighted by atomic mass is 10.1. The van der Waals surface area contributed by atoms with Crippen molar-refractivity contribution in [1.29, 1.82) is 0 Å². The summed E-state index contributed by atoms with van der Waals surface area (Å²) in [6.07, 6.45) is -4.34. The first-order valence-corrected chi connectivity index (χ1v) is 10.0. The largest absolute Gasteiger partial charge is 0.411 e. The summed E-state index contributed by atoms with van der Waals surface area (Å²) in [5, 5.41) is 2.85. The summed E-state index contributed by atoms with van der Waals surface area (Å²) in [5.74, 6) is -0.222. The van der Waals surface area contributed by atoms with Crippen molar-refractivity contribution in [2.24, 2.45) is 0 Å². The third-order valence-corrected chi connectivity index (χ3v) is 5.01. The Labute approximate surface area is 178 Å². The van der Waals surface area contributed by atoms with Crippen LogP contribution in [0.15, 0.2) is 48.5 Å². The van der Waals surface area contributed by atoms with Crippen LogP contribution in [0.5, 0.6) is 0 Å². The molecule has 1 heterocycles. The summed E-state index contributed by atoms with van der Waals surface area (Å²) in [6.45, 7) is 1.86. The highest BCUT2D eigenvalue weighted by molar-refractivity contribution is 5.74. The fraction of sp³-hybridized carbons (Fsp3) is 0.409. The zero-order valence-electron chi connectivity index (χ0n) is 17.0. The van der Waals surface area contributed by atoms with Crippen molar-refractivity contribution in [1.82, 2.24) is 15.1 Å².